The molecule has 1 fully saturated rings. The summed E-state index contributed by atoms with van der Waals surface area (Å²) in [5.41, 5.74) is 1.39. The van der Waals surface area contributed by atoms with Crippen molar-refractivity contribution in [2.75, 3.05) is 25.0 Å². The van der Waals surface area contributed by atoms with Crippen LogP contribution in [0.2, 0.25) is 0 Å². The van der Waals surface area contributed by atoms with Crippen LogP contribution >= 0.6 is 0 Å². The van der Waals surface area contributed by atoms with Crippen molar-refractivity contribution in [2.45, 2.75) is 19.3 Å². The highest BCUT2D eigenvalue weighted by atomic mass is 19.1. The van der Waals surface area contributed by atoms with Gasteiger partial charge < -0.3 is 10.2 Å². The van der Waals surface area contributed by atoms with Crippen LogP contribution in [0.4, 0.5) is 14.5 Å². The molecule has 25 heavy (non-hydrogen) atoms. The molecule has 0 radical (unpaired) electrons. The Hall–Kier alpha value is -2.27. The Labute approximate surface area is 146 Å². The number of carbonyl (C=O) groups is 1. The minimum atomic E-state index is -0.745. The summed E-state index contributed by atoms with van der Waals surface area (Å²) in [6.07, 6.45) is 3.26. The number of quaternary nitrogens is 1. The molecular weight excluding hydrogens is 322 g/mol. The third-order valence-corrected chi connectivity index (χ3v) is 4.80. The van der Waals surface area contributed by atoms with Gasteiger partial charge in [-0.15, -0.1) is 0 Å². The van der Waals surface area contributed by atoms with Gasteiger partial charge in [0.2, 0.25) is 0 Å². The van der Waals surface area contributed by atoms with Gasteiger partial charge >= 0.3 is 0 Å². The quantitative estimate of drug-likeness (QED) is 0.857. The smallest absolute Gasteiger partial charge is 0.279 e. The fourth-order valence-electron chi connectivity index (χ4n) is 3.43. The number of amides is 1. The maximum Gasteiger partial charge on any atom is 0.279 e. The van der Waals surface area contributed by atoms with Gasteiger partial charge in [0.25, 0.3) is 5.91 Å². The third-order valence-electron chi connectivity index (χ3n) is 4.80. The number of carbonyl (C=O) groups excluding carboxylic acids is 1. The molecule has 2 N–H and O–H groups in total. The Kier molecular flexibility index (Phi) is 5.76. The number of hydrogen-bond donors (Lipinski definition) is 2. The van der Waals surface area contributed by atoms with Crippen LogP contribution in [-0.4, -0.2) is 25.5 Å². The molecule has 0 unspecified atom stereocenters. The number of piperidine rings is 1. The molecule has 1 saturated heterocycles. The van der Waals surface area contributed by atoms with Crippen LogP contribution in [0.1, 0.15) is 18.4 Å². The second kappa shape index (κ2) is 8.21. The molecule has 0 aromatic heterocycles. The predicted octanol–water partition coefficient (Wildman–Crippen LogP) is 2.44. The topological polar surface area (TPSA) is 33.5 Å². The first-order valence-corrected chi connectivity index (χ1v) is 8.72. The first kappa shape index (κ1) is 17.5. The van der Waals surface area contributed by atoms with E-state index in [9.17, 15) is 13.6 Å². The fourth-order valence-corrected chi connectivity index (χ4v) is 3.43. The molecule has 0 aliphatic carbocycles. The van der Waals surface area contributed by atoms with Gasteiger partial charge in [0, 0.05) is 6.07 Å². The van der Waals surface area contributed by atoms with Gasteiger partial charge in [0.1, 0.15) is 11.6 Å². The van der Waals surface area contributed by atoms with Crippen LogP contribution in [0.3, 0.4) is 0 Å². The summed E-state index contributed by atoms with van der Waals surface area (Å²) >= 11 is 0. The second-order valence-electron chi connectivity index (χ2n) is 6.73. The van der Waals surface area contributed by atoms with E-state index in [1.807, 2.05) is 6.07 Å². The van der Waals surface area contributed by atoms with E-state index in [1.54, 1.807) is 0 Å². The lowest BCUT2D eigenvalue weighted by Gasteiger charge is -2.29. The molecule has 1 aliphatic rings. The van der Waals surface area contributed by atoms with Gasteiger partial charge in [-0.2, -0.15) is 0 Å². The van der Waals surface area contributed by atoms with E-state index in [2.05, 4.69) is 29.6 Å². The van der Waals surface area contributed by atoms with Crippen molar-refractivity contribution in [3.05, 3.63) is 65.7 Å². The fraction of sp³-hybridized carbons (Fsp3) is 0.350. The molecule has 2 aromatic rings. The molecule has 2 aromatic carbocycles. The normalized spacial score (nSPS) is 20.2. The van der Waals surface area contributed by atoms with Crippen molar-refractivity contribution in [2.24, 2.45) is 5.92 Å². The van der Waals surface area contributed by atoms with E-state index < -0.39 is 11.6 Å². The minimum Gasteiger partial charge on any atom is -0.327 e. The van der Waals surface area contributed by atoms with Gasteiger partial charge in [-0.05, 0) is 42.9 Å². The summed E-state index contributed by atoms with van der Waals surface area (Å²) in [5, 5.41) is 2.53. The minimum absolute atomic E-state index is 0.0322. The van der Waals surface area contributed by atoms with Crippen LogP contribution in [0.5, 0.6) is 0 Å². The second-order valence-corrected chi connectivity index (χ2v) is 6.73. The van der Waals surface area contributed by atoms with Crippen LogP contribution < -0.4 is 10.2 Å². The zero-order valence-electron chi connectivity index (χ0n) is 14.1. The molecule has 0 spiro atoms. The first-order chi connectivity index (χ1) is 12.1. The number of nitrogens with one attached hydrogen (secondary N) is 2. The van der Waals surface area contributed by atoms with E-state index >= 15 is 0 Å². The molecule has 3 rings (SSSR count). The van der Waals surface area contributed by atoms with Crippen molar-refractivity contribution >= 4 is 11.6 Å². The van der Waals surface area contributed by atoms with E-state index in [0.29, 0.717) is 12.5 Å². The predicted molar refractivity (Wildman–Crippen MR) is 93.4 cm³/mol. The molecule has 0 bridgehead atoms. The van der Waals surface area contributed by atoms with E-state index in [0.717, 1.165) is 44.5 Å². The number of likely N-dealkylation sites (tertiary alicyclic amines) is 1. The lowest BCUT2D eigenvalue weighted by Crippen LogP contribution is -3.14. The monoisotopic (exact) mass is 345 g/mol. The van der Waals surface area contributed by atoms with E-state index in [-0.39, 0.29) is 11.6 Å². The van der Waals surface area contributed by atoms with Crippen LogP contribution in [-0.2, 0) is 11.2 Å². The third kappa shape index (κ3) is 5.10. The molecule has 132 valence electrons. The summed E-state index contributed by atoms with van der Waals surface area (Å²) in [7, 11) is 0. The largest absolute Gasteiger partial charge is 0.327 e. The van der Waals surface area contributed by atoms with Crippen LogP contribution in [0.15, 0.2) is 48.5 Å². The number of hydrogen-bond acceptors (Lipinski definition) is 1. The van der Waals surface area contributed by atoms with Crippen LogP contribution in [0.25, 0.3) is 0 Å². The summed E-state index contributed by atoms with van der Waals surface area (Å²) in [5.74, 6) is -0.975. The maximum atomic E-state index is 13.6. The van der Waals surface area contributed by atoms with Gasteiger partial charge in [0.15, 0.2) is 6.54 Å². The number of rotatable bonds is 5. The Morgan fingerprint density at radius 2 is 1.80 bits per heavy atom. The van der Waals surface area contributed by atoms with Gasteiger partial charge in [-0.3, -0.25) is 4.79 Å². The zero-order chi connectivity index (χ0) is 17.6. The number of anilines is 1. The summed E-state index contributed by atoms with van der Waals surface area (Å²) in [4.78, 5) is 13.3. The summed E-state index contributed by atoms with van der Waals surface area (Å²) in [6, 6.07) is 13.6. The summed E-state index contributed by atoms with van der Waals surface area (Å²) in [6.45, 7) is 2.20. The Morgan fingerprint density at radius 1 is 1.08 bits per heavy atom. The van der Waals surface area contributed by atoms with Crippen molar-refractivity contribution in [3.8, 4) is 0 Å². The Bertz CT molecular complexity index is 713. The van der Waals surface area contributed by atoms with Crippen molar-refractivity contribution in [1.29, 1.82) is 0 Å². The highest BCUT2D eigenvalue weighted by Crippen LogP contribution is 2.17. The molecule has 1 heterocycles. The number of benzene rings is 2. The molecule has 3 nitrogen and oxygen atoms in total. The highest BCUT2D eigenvalue weighted by Gasteiger charge is 2.24. The molecule has 0 atom stereocenters. The zero-order valence-corrected chi connectivity index (χ0v) is 14.1. The van der Waals surface area contributed by atoms with Gasteiger partial charge in [-0.1, -0.05) is 30.3 Å². The molecule has 5 heteroatoms. The van der Waals surface area contributed by atoms with Gasteiger partial charge in [-0.25, -0.2) is 8.78 Å². The SMILES string of the molecule is O=C(C[NH+]1CCC(Cc2ccccc2)CC1)Nc1ccc(F)cc1F. The lowest BCUT2D eigenvalue weighted by atomic mass is 9.90. The lowest BCUT2D eigenvalue weighted by molar-refractivity contribution is -0.898. The Balaban J connectivity index is 1.44. The molecule has 1 amide bonds. The highest BCUT2D eigenvalue weighted by molar-refractivity contribution is 5.91. The molecule has 1 aliphatic heterocycles. The van der Waals surface area contributed by atoms with Gasteiger partial charge in [0.05, 0.1) is 18.8 Å². The van der Waals surface area contributed by atoms with E-state index in [4.69, 9.17) is 0 Å². The Morgan fingerprint density at radius 3 is 2.48 bits per heavy atom. The van der Waals surface area contributed by atoms with Crippen molar-refractivity contribution < 1.29 is 18.5 Å². The first-order valence-electron chi connectivity index (χ1n) is 8.72. The van der Waals surface area contributed by atoms with E-state index in [1.165, 1.54) is 16.5 Å². The number of halogens is 2. The molecule has 0 saturated carbocycles. The standard InChI is InChI=1S/C20H22F2N2O/c21-17-6-7-19(18(22)13-17)23-20(25)14-24-10-8-16(9-11-24)12-15-4-2-1-3-5-15/h1-7,13,16H,8-12,14H2,(H,23,25)/p+1. The van der Waals surface area contributed by atoms with Crippen molar-refractivity contribution in [3.63, 3.8) is 0 Å². The molecular formula is C20H23F2N2O+. The average molecular weight is 345 g/mol. The maximum absolute atomic E-state index is 13.6. The van der Waals surface area contributed by atoms with Crippen molar-refractivity contribution in [1.82, 2.24) is 0 Å². The summed E-state index contributed by atoms with van der Waals surface area (Å²) < 4.78 is 26.5. The van der Waals surface area contributed by atoms with Crippen LogP contribution in [0, 0.1) is 17.6 Å². The average Bonchev–Trinajstić information content (AvgIpc) is 2.60.